The van der Waals surface area contributed by atoms with Crippen molar-refractivity contribution in [2.45, 2.75) is 19.5 Å². The van der Waals surface area contributed by atoms with E-state index in [1.165, 1.54) is 0 Å². The van der Waals surface area contributed by atoms with Crippen molar-refractivity contribution < 1.29 is 8.85 Å². The van der Waals surface area contributed by atoms with Gasteiger partial charge in [-0.25, -0.2) is 0 Å². The Hall–Kier alpha value is 0.0569. The van der Waals surface area contributed by atoms with Gasteiger partial charge in [0.2, 0.25) is 0 Å². The van der Waals surface area contributed by atoms with Crippen LogP contribution in [0, 0.1) is 5.92 Å². The lowest BCUT2D eigenvalue weighted by molar-refractivity contribution is 0.242. The summed E-state index contributed by atoms with van der Waals surface area (Å²) in [6, 6.07) is 0.993. The molecule has 0 aliphatic heterocycles. The molecule has 1 unspecified atom stereocenters. The number of nitrogens with two attached hydrogens (primary N) is 1. The van der Waals surface area contributed by atoms with E-state index in [-0.39, 0.29) is 0 Å². The van der Waals surface area contributed by atoms with Gasteiger partial charge in [0.25, 0.3) is 0 Å². The Bertz CT molecular complexity index is 131. The predicted molar refractivity (Wildman–Crippen MR) is 56.7 cm³/mol. The van der Waals surface area contributed by atoms with Crippen LogP contribution in [-0.2, 0) is 8.85 Å². The summed E-state index contributed by atoms with van der Waals surface area (Å²) in [5, 5.41) is 3.11. The van der Waals surface area contributed by atoms with Crippen molar-refractivity contribution in [2.24, 2.45) is 11.7 Å². The Morgan fingerprint density at radius 1 is 1.38 bits per heavy atom. The highest BCUT2D eigenvalue weighted by molar-refractivity contribution is 6.65. The van der Waals surface area contributed by atoms with Gasteiger partial charge in [0, 0.05) is 20.9 Å². The molecule has 4 nitrogen and oxygen atoms in total. The fraction of sp³-hybridized carbons (Fsp3) is 1.00. The molecule has 0 radical (unpaired) electrons. The van der Waals surface area contributed by atoms with E-state index in [4.69, 9.17) is 14.6 Å². The largest absolute Gasteiger partial charge is 0.398 e. The average Bonchev–Trinajstić information content (AvgIpc) is 2.14. The fourth-order valence-electron chi connectivity index (χ4n) is 1.28. The minimum atomic E-state index is -1.89. The third kappa shape index (κ3) is 5.38. The van der Waals surface area contributed by atoms with Crippen molar-refractivity contribution >= 4 is 8.56 Å². The van der Waals surface area contributed by atoms with Gasteiger partial charge < -0.3 is 19.9 Å². The molecule has 0 aliphatic carbocycles. The van der Waals surface area contributed by atoms with Crippen molar-refractivity contribution in [2.75, 3.05) is 27.4 Å². The van der Waals surface area contributed by atoms with Crippen LogP contribution in [0.4, 0.5) is 0 Å². The number of hydrogen-bond acceptors (Lipinski definition) is 4. The molecular formula is C8H22N2O2Si. The van der Waals surface area contributed by atoms with Crippen molar-refractivity contribution in [3.8, 4) is 0 Å². The molecule has 0 rings (SSSR count). The highest BCUT2D eigenvalue weighted by Gasteiger charge is 2.30. The standard InChI is InChI=1S/C8H22N2O2Si/c1-8(5-10-7-9)6-13(4,11-2)12-3/h8,10H,5-7,9H2,1-4H3. The number of nitrogens with one attached hydrogen (secondary N) is 1. The van der Waals surface area contributed by atoms with Gasteiger partial charge in [0.05, 0.1) is 0 Å². The highest BCUT2D eigenvalue weighted by Crippen LogP contribution is 2.17. The lowest BCUT2D eigenvalue weighted by atomic mass is 10.2. The molecule has 13 heavy (non-hydrogen) atoms. The molecule has 0 fully saturated rings. The first kappa shape index (κ1) is 13.1. The molecule has 0 spiro atoms. The molecular weight excluding hydrogens is 184 g/mol. The molecule has 0 aromatic heterocycles. The number of hydrogen-bond donors (Lipinski definition) is 2. The van der Waals surface area contributed by atoms with Crippen molar-refractivity contribution in [3.63, 3.8) is 0 Å². The fourth-order valence-corrected chi connectivity index (χ4v) is 3.20. The zero-order valence-electron chi connectivity index (χ0n) is 9.09. The average molecular weight is 206 g/mol. The van der Waals surface area contributed by atoms with E-state index in [1.807, 2.05) is 0 Å². The van der Waals surface area contributed by atoms with Gasteiger partial charge >= 0.3 is 8.56 Å². The summed E-state index contributed by atoms with van der Waals surface area (Å²) in [6.07, 6.45) is 0. The van der Waals surface area contributed by atoms with E-state index in [9.17, 15) is 0 Å². The Morgan fingerprint density at radius 3 is 2.31 bits per heavy atom. The highest BCUT2D eigenvalue weighted by atomic mass is 28.4. The Kier molecular flexibility index (Phi) is 6.53. The molecule has 0 aliphatic rings. The van der Waals surface area contributed by atoms with Crippen molar-refractivity contribution in [1.29, 1.82) is 0 Å². The molecule has 0 bridgehead atoms. The maximum absolute atomic E-state index is 5.40. The topological polar surface area (TPSA) is 56.5 Å². The third-order valence-corrected chi connectivity index (χ3v) is 5.39. The van der Waals surface area contributed by atoms with Crippen LogP contribution in [0.1, 0.15) is 6.92 Å². The van der Waals surface area contributed by atoms with Crippen molar-refractivity contribution in [3.05, 3.63) is 0 Å². The first-order valence-electron chi connectivity index (χ1n) is 4.59. The summed E-state index contributed by atoms with van der Waals surface area (Å²) in [5.74, 6) is 0.542. The summed E-state index contributed by atoms with van der Waals surface area (Å²) in [5.41, 5.74) is 5.34. The predicted octanol–water partition coefficient (Wildman–Crippen LogP) is 0.493. The van der Waals surface area contributed by atoms with E-state index in [1.54, 1.807) is 14.2 Å². The van der Waals surface area contributed by atoms with Crippen LogP contribution in [0.3, 0.4) is 0 Å². The molecule has 0 saturated carbocycles. The first-order chi connectivity index (χ1) is 6.08. The molecule has 80 valence electrons. The quantitative estimate of drug-likeness (QED) is 0.470. The summed E-state index contributed by atoms with van der Waals surface area (Å²) in [6.45, 7) is 5.70. The van der Waals surface area contributed by atoms with Gasteiger partial charge in [-0.2, -0.15) is 0 Å². The number of rotatable bonds is 7. The molecule has 0 saturated heterocycles. The Morgan fingerprint density at radius 2 is 1.92 bits per heavy atom. The lowest BCUT2D eigenvalue weighted by Crippen LogP contribution is -2.40. The second-order valence-corrected chi connectivity index (χ2v) is 7.00. The molecule has 5 heteroatoms. The summed E-state index contributed by atoms with van der Waals surface area (Å²) in [7, 11) is 1.55. The minimum absolute atomic E-state index is 0.530. The zero-order valence-corrected chi connectivity index (χ0v) is 10.1. The van der Waals surface area contributed by atoms with E-state index in [0.29, 0.717) is 12.6 Å². The molecule has 1 atom stereocenters. The van der Waals surface area contributed by atoms with Crippen LogP contribution >= 0.6 is 0 Å². The van der Waals surface area contributed by atoms with Crippen LogP contribution in [-0.4, -0.2) is 36.0 Å². The molecule has 0 aromatic rings. The van der Waals surface area contributed by atoms with E-state index in [2.05, 4.69) is 18.8 Å². The smallest absolute Gasteiger partial charge is 0.334 e. The maximum Gasteiger partial charge on any atom is 0.334 e. The second-order valence-electron chi connectivity index (χ2n) is 3.51. The van der Waals surface area contributed by atoms with Crippen LogP contribution in [0.2, 0.25) is 12.6 Å². The van der Waals surface area contributed by atoms with Gasteiger partial charge in [0.15, 0.2) is 0 Å². The summed E-state index contributed by atoms with van der Waals surface area (Å²) >= 11 is 0. The van der Waals surface area contributed by atoms with Crippen LogP contribution in [0.15, 0.2) is 0 Å². The van der Waals surface area contributed by atoms with Gasteiger partial charge in [-0.3, -0.25) is 0 Å². The van der Waals surface area contributed by atoms with E-state index in [0.717, 1.165) is 12.6 Å². The Balaban J connectivity index is 3.79. The lowest BCUT2D eigenvalue weighted by Gasteiger charge is -2.26. The molecule has 0 aromatic carbocycles. The molecule has 0 heterocycles. The van der Waals surface area contributed by atoms with Crippen molar-refractivity contribution in [1.82, 2.24) is 5.32 Å². The van der Waals surface area contributed by atoms with Gasteiger partial charge in [-0.1, -0.05) is 6.92 Å². The van der Waals surface area contributed by atoms with E-state index < -0.39 is 8.56 Å². The van der Waals surface area contributed by atoms with Gasteiger partial charge in [-0.05, 0) is 25.1 Å². The van der Waals surface area contributed by atoms with Gasteiger partial charge in [0.1, 0.15) is 0 Å². The minimum Gasteiger partial charge on any atom is -0.398 e. The van der Waals surface area contributed by atoms with Crippen LogP contribution in [0.25, 0.3) is 0 Å². The third-order valence-electron chi connectivity index (χ3n) is 2.22. The SMILES string of the molecule is CO[Si](C)(CC(C)CNCN)OC. The zero-order chi connectivity index (χ0) is 10.3. The van der Waals surface area contributed by atoms with Gasteiger partial charge in [-0.15, -0.1) is 0 Å². The van der Waals surface area contributed by atoms with Crippen LogP contribution in [0.5, 0.6) is 0 Å². The maximum atomic E-state index is 5.40. The molecule has 0 amide bonds. The van der Waals surface area contributed by atoms with E-state index >= 15 is 0 Å². The normalized spacial score (nSPS) is 14.5. The summed E-state index contributed by atoms with van der Waals surface area (Å²) < 4.78 is 10.8. The summed E-state index contributed by atoms with van der Waals surface area (Å²) in [4.78, 5) is 0. The monoisotopic (exact) mass is 206 g/mol. The first-order valence-corrected chi connectivity index (χ1v) is 7.11. The molecule has 3 N–H and O–H groups in total. The second kappa shape index (κ2) is 6.50. The Labute approximate surface area is 82.0 Å². The van der Waals surface area contributed by atoms with Crippen LogP contribution < -0.4 is 11.1 Å².